The fourth-order valence-corrected chi connectivity index (χ4v) is 4.06. The van der Waals surface area contributed by atoms with Crippen LogP contribution in [0.25, 0.3) is 0 Å². The third kappa shape index (κ3) is 2.63. The second-order valence-corrected chi connectivity index (χ2v) is 6.96. The summed E-state index contributed by atoms with van der Waals surface area (Å²) >= 11 is 0. The van der Waals surface area contributed by atoms with Crippen LogP contribution in [-0.4, -0.2) is 34.3 Å². The van der Waals surface area contributed by atoms with Crippen molar-refractivity contribution in [1.82, 2.24) is 9.97 Å². The molecule has 2 aliphatic heterocycles. The molecule has 0 saturated carbocycles. The number of hydrogen-bond donors (Lipinski definition) is 2. The van der Waals surface area contributed by atoms with Crippen molar-refractivity contribution in [3.05, 3.63) is 47.3 Å². The Morgan fingerprint density at radius 1 is 1.25 bits per heavy atom. The zero-order valence-electron chi connectivity index (χ0n) is 14.2. The number of hydrogen-bond acceptors (Lipinski definition) is 5. The molecule has 1 saturated heterocycles. The maximum Gasteiger partial charge on any atom is 0.134 e. The average molecular weight is 324 g/mol. The maximum absolute atomic E-state index is 9.26. The predicted molar refractivity (Wildman–Crippen MR) is 95.4 cm³/mol. The first kappa shape index (κ1) is 15.4. The van der Waals surface area contributed by atoms with Gasteiger partial charge in [-0.15, -0.1) is 0 Å². The molecule has 3 aliphatic rings. The van der Waals surface area contributed by atoms with Crippen molar-refractivity contribution in [2.45, 2.75) is 44.7 Å². The van der Waals surface area contributed by atoms with Crippen molar-refractivity contribution in [2.75, 3.05) is 23.4 Å². The van der Waals surface area contributed by atoms with Crippen molar-refractivity contribution in [3.8, 4) is 0 Å². The van der Waals surface area contributed by atoms with Crippen LogP contribution < -0.4 is 10.2 Å². The van der Waals surface area contributed by atoms with E-state index in [-0.39, 0.29) is 12.6 Å². The van der Waals surface area contributed by atoms with Crippen molar-refractivity contribution < 1.29 is 5.11 Å². The number of anilines is 2. The quantitative estimate of drug-likeness (QED) is 0.905. The van der Waals surface area contributed by atoms with Gasteiger partial charge in [0.1, 0.15) is 17.5 Å². The van der Waals surface area contributed by atoms with Gasteiger partial charge >= 0.3 is 0 Å². The van der Waals surface area contributed by atoms with Crippen LogP contribution in [0.2, 0.25) is 0 Å². The van der Waals surface area contributed by atoms with Gasteiger partial charge in [-0.3, -0.25) is 0 Å². The van der Waals surface area contributed by atoms with E-state index < -0.39 is 0 Å². The first-order valence-corrected chi connectivity index (χ1v) is 8.74. The van der Waals surface area contributed by atoms with Crippen LogP contribution in [0.1, 0.15) is 48.7 Å². The normalized spacial score (nSPS) is 23.0. The lowest BCUT2D eigenvalue weighted by Crippen LogP contribution is -2.43. The summed E-state index contributed by atoms with van der Waals surface area (Å²) in [5, 5.41) is 12.5. The molecule has 5 nitrogen and oxygen atoms in total. The number of rotatable bonds is 4. The number of aromatic nitrogens is 2. The number of aliphatic hydroxyl groups excluding tert-OH is 1. The number of aryl methyl sites for hydroxylation is 1. The molecule has 2 aromatic rings. The number of nitrogens with zero attached hydrogens (tertiary/aromatic N) is 3. The molecule has 5 rings (SSSR count). The lowest BCUT2D eigenvalue weighted by molar-refractivity contribution is 0.281. The Hall–Kier alpha value is -2.14. The summed E-state index contributed by atoms with van der Waals surface area (Å²) in [5.74, 6) is 3.12. The van der Waals surface area contributed by atoms with E-state index in [1.54, 1.807) is 0 Å². The second-order valence-electron chi connectivity index (χ2n) is 6.96. The molecule has 1 fully saturated rings. The third-order valence-electron chi connectivity index (χ3n) is 5.16. The van der Waals surface area contributed by atoms with Crippen LogP contribution in [0.5, 0.6) is 0 Å². The van der Waals surface area contributed by atoms with Crippen molar-refractivity contribution in [1.29, 1.82) is 0 Å². The minimum Gasteiger partial charge on any atom is -0.394 e. The molecule has 0 radical (unpaired) electrons. The van der Waals surface area contributed by atoms with Crippen LogP contribution in [0.15, 0.2) is 30.3 Å². The molecule has 1 aromatic carbocycles. The Morgan fingerprint density at radius 2 is 2.04 bits per heavy atom. The van der Waals surface area contributed by atoms with E-state index in [0.29, 0.717) is 12.0 Å². The predicted octanol–water partition coefficient (Wildman–Crippen LogP) is 3.02. The first-order chi connectivity index (χ1) is 11.7. The molecular weight excluding hydrogens is 300 g/mol. The van der Waals surface area contributed by atoms with E-state index in [1.165, 1.54) is 24.0 Å². The zero-order chi connectivity index (χ0) is 16.7. The summed E-state index contributed by atoms with van der Waals surface area (Å²) in [6.45, 7) is 4.97. The fraction of sp³-hybridized carbons (Fsp3) is 0.474. The SMILES string of the molecule is Cc1nc(N[C@H](C)CO)cc(N2C[C@H]3CC[C@H]2c2ccccc23)n1. The van der Waals surface area contributed by atoms with E-state index >= 15 is 0 Å². The highest BCUT2D eigenvalue weighted by molar-refractivity contribution is 5.55. The van der Waals surface area contributed by atoms with Crippen molar-refractivity contribution in [3.63, 3.8) is 0 Å². The molecule has 2 N–H and O–H groups in total. The van der Waals surface area contributed by atoms with Gasteiger partial charge in [-0.1, -0.05) is 24.3 Å². The monoisotopic (exact) mass is 324 g/mol. The van der Waals surface area contributed by atoms with Gasteiger partial charge in [0, 0.05) is 24.6 Å². The lowest BCUT2D eigenvalue weighted by Gasteiger charge is -2.47. The number of fused-ring (bicyclic) bond motifs is 2. The summed E-state index contributed by atoms with van der Waals surface area (Å²) in [6, 6.07) is 11.2. The average Bonchev–Trinajstić information content (AvgIpc) is 2.61. The molecule has 3 heterocycles. The highest BCUT2D eigenvalue weighted by Gasteiger charge is 2.38. The van der Waals surface area contributed by atoms with Crippen LogP contribution in [0.4, 0.5) is 11.6 Å². The largest absolute Gasteiger partial charge is 0.394 e. The van der Waals surface area contributed by atoms with Crippen molar-refractivity contribution >= 4 is 11.6 Å². The van der Waals surface area contributed by atoms with E-state index in [9.17, 15) is 5.11 Å². The minimum absolute atomic E-state index is 0.0225. The molecule has 0 amide bonds. The molecule has 1 aromatic heterocycles. The molecular formula is C19H24N4O. The van der Waals surface area contributed by atoms with Gasteiger partial charge in [0.15, 0.2) is 0 Å². The van der Waals surface area contributed by atoms with Gasteiger partial charge in [0.05, 0.1) is 12.6 Å². The molecule has 0 spiro atoms. The Bertz CT molecular complexity index is 748. The Kier molecular flexibility index (Phi) is 3.88. The topological polar surface area (TPSA) is 61.3 Å². The molecule has 0 unspecified atom stereocenters. The molecule has 1 aliphatic carbocycles. The molecule has 2 bridgehead atoms. The number of aliphatic hydroxyl groups is 1. The van der Waals surface area contributed by atoms with Gasteiger partial charge in [-0.05, 0) is 37.8 Å². The molecule has 126 valence electrons. The van der Waals surface area contributed by atoms with Gasteiger partial charge < -0.3 is 15.3 Å². The fourth-order valence-electron chi connectivity index (χ4n) is 4.06. The van der Waals surface area contributed by atoms with E-state index in [0.717, 1.165) is 24.0 Å². The molecule has 24 heavy (non-hydrogen) atoms. The number of benzene rings is 1. The van der Waals surface area contributed by atoms with Gasteiger partial charge in [-0.25, -0.2) is 9.97 Å². The Balaban J connectivity index is 1.68. The third-order valence-corrected chi connectivity index (χ3v) is 5.16. The standard InChI is InChI=1S/C19H24N4O/c1-12(11-24)20-18-9-19(22-13(2)21-18)23-10-14-7-8-17(23)16-6-4-3-5-15(14)16/h3-6,9,12,14,17,24H,7-8,10-11H2,1-2H3,(H,20,21,22)/t12-,14-,17+/m1/s1. The van der Waals surface area contributed by atoms with Gasteiger partial charge in [0.2, 0.25) is 0 Å². The van der Waals surface area contributed by atoms with Gasteiger partial charge in [-0.2, -0.15) is 0 Å². The minimum atomic E-state index is -0.0225. The molecule has 3 atom stereocenters. The summed E-state index contributed by atoms with van der Waals surface area (Å²) < 4.78 is 0. The summed E-state index contributed by atoms with van der Waals surface area (Å²) in [4.78, 5) is 11.6. The maximum atomic E-state index is 9.26. The van der Waals surface area contributed by atoms with E-state index in [1.807, 2.05) is 19.9 Å². The van der Waals surface area contributed by atoms with E-state index in [4.69, 9.17) is 4.98 Å². The lowest BCUT2D eigenvalue weighted by atomic mass is 9.75. The summed E-state index contributed by atoms with van der Waals surface area (Å²) in [5.41, 5.74) is 2.97. The Labute approximate surface area is 142 Å². The van der Waals surface area contributed by atoms with Crippen LogP contribution in [0, 0.1) is 6.92 Å². The highest BCUT2D eigenvalue weighted by Crippen LogP contribution is 2.47. The number of piperidine rings is 1. The second kappa shape index (κ2) is 6.06. The van der Waals surface area contributed by atoms with Crippen LogP contribution >= 0.6 is 0 Å². The summed E-state index contributed by atoms with van der Waals surface area (Å²) in [7, 11) is 0. The van der Waals surface area contributed by atoms with Crippen LogP contribution in [-0.2, 0) is 0 Å². The molecule has 5 heteroatoms. The number of nitrogens with one attached hydrogen (secondary N) is 1. The van der Waals surface area contributed by atoms with E-state index in [2.05, 4.69) is 39.5 Å². The van der Waals surface area contributed by atoms with Crippen LogP contribution in [0.3, 0.4) is 0 Å². The zero-order valence-corrected chi connectivity index (χ0v) is 14.2. The first-order valence-electron chi connectivity index (χ1n) is 8.74. The highest BCUT2D eigenvalue weighted by atomic mass is 16.3. The van der Waals surface area contributed by atoms with Gasteiger partial charge in [0.25, 0.3) is 0 Å². The van der Waals surface area contributed by atoms with Crippen molar-refractivity contribution in [2.24, 2.45) is 0 Å². The smallest absolute Gasteiger partial charge is 0.134 e. The Morgan fingerprint density at radius 3 is 2.83 bits per heavy atom. The summed E-state index contributed by atoms with van der Waals surface area (Å²) in [6.07, 6.45) is 2.44.